The van der Waals surface area contributed by atoms with E-state index < -0.39 is 34.0 Å². The molecule has 18 nitrogen and oxygen atoms in total. The third kappa shape index (κ3) is 13.4. The summed E-state index contributed by atoms with van der Waals surface area (Å²) < 4.78 is 70.4. The van der Waals surface area contributed by atoms with Gasteiger partial charge in [0.15, 0.2) is 5.82 Å². The van der Waals surface area contributed by atoms with Gasteiger partial charge in [0.1, 0.15) is 42.0 Å². The van der Waals surface area contributed by atoms with Crippen LogP contribution >= 0.6 is 15.9 Å². The van der Waals surface area contributed by atoms with E-state index in [0.717, 1.165) is 33.4 Å². The zero-order valence-corrected chi connectivity index (χ0v) is 39.0. The Hall–Kier alpha value is -5.91. The molecule has 2 aliphatic heterocycles. The van der Waals surface area contributed by atoms with Gasteiger partial charge in [-0.05, 0) is 74.2 Å². The first-order chi connectivity index (χ1) is 32.5. The second-order valence-electron chi connectivity index (χ2n) is 16.5. The molecular formula is C46H52BrF3N8O10. The molecule has 4 N–H and O–H groups in total. The lowest BCUT2D eigenvalue weighted by Gasteiger charge is -2.37. The van der Waals surface area contributed by atoms with Crippen LogP contribution in [0.2, 0.25) is 0 Å². The van der Waals surface area contributed by atoms with E-state index in [1.165, 1.54) is 12.3 Å². The Labute approximate surface area is 397 Å². The minimum atomic E-state index is -4.90. The van der Waals surface area contributed by atoms with Crippen molar-refractivity contribution in [3.63, 3.8) is 0 Å². The molecule has 2 fully saturated rings. The van der Waals surface area contributed by atoms with Crippen LogP contribution in [0.4, 0.5) is 35.2 Å². The highest BCUT2D eigenvalue weighted by Gasteiger charge is 2.40. The van der Waals surface area contributed by atoms with Crippen molar-refractivity contribution in [3.05, 3.63) is 110 Å². The highest BCUT2D eigenvalue weighted by molar-refractivity contribution is 9.10. The fraction of sp³-hybridized carbons (Fsp3) is 0.435. The average Bonchev–Trinajstić information content (AvgIpc) is 3.75. The SMILES string of the molecule is Cc1cnc(NC(=O)Nc2cc(Br)c(C)cc2OC[C@@H]2CN(C(=O)CCOCCOCCOc3ccc(CN4CCC(O)(c5cc6cc([N+](=O)[O-])c(C(F)(F)F)cc6[nH]5)CC4)cc3)CCO2)cn1. The summed E-state index contributed by atoms with van der Waals surface area (Å²) in [6.45, 7) is 8.19. The Morgan fingerprint density at radius 2 is 1.71 bits per heavy atom. The van der Waals surface area contributed by atoms with E-state index >= 15 is 0 Å². The van der Waals surface area contributed by atoms with Crippen molar-refractivity contribution in [2.24, 2.45) is 0 Å². The number of hydrogen-bond acceptors (Lipinski definition) is 13. The molecule has 2 saturated heterocycles. The van der Waals surface area contributed by atoms with Gasteiger partial charge in [0.25, 0.3) is 5.69 Å². The number of H-pyrrole nitrogens is 1. The number of urea groups is 1. The van der Waals surface area contributed by atoms with Crippen LogP contribution in [0.1, 0.15) is 47.3 Å². The number of likely N-dealkylation sites (tertiary alicyclic amines) is 1. The number of nitrogens with zero attached hydrogens (tertiary/aromatic N) is 5. The molecular weight excluding hydrogens is 961 g/mol. The van der Waals surface area contributed by atoms with Crippen LogP contribution in [0, 0.1) is 24.0 Å². The highest BCUT2D eigenvalue weighted by Crippen LogP contribution is 2.41. The maximum Gasteiger partial charge on any atom is 0.423 e. The summed E-state index contributed by atoms with van der Waals surface area (Å²) in [5.41, 5.74) is -0.213. The number of carbonyl (C=O) groups excluding carboxylic acids is 2. The third-order valence-electron chi connectivity index (χ3n) is 11.5. The second-order valence-corrected chi connectivity index (χ2v) is 17.4. The fourth-order valence-electron chi connectivity index (χ4n) is 7.78. The smallest absolute Gasteiger partial charge is 0.423 e. The summed E-state index contributed by atoms with van der Waals surface area (Å²) in [5.74, 6) is 1.35. The minimum absolute atomic E-state index is 0.0603. The Morgan fingerprint density at radius 1 is 0.971 bits per heavy atom. The van der Waals surface area contributed by atoms with Gasteiger partial charge in [0, 0.05) is 53.3 Å². The summed E-state index contributed by atoms with van der Waals surface area (Å²) in [4.78, 5) is 51.1. The quantitative estimate of drug-likeness (QED) is 0.0359. The zero-order valence-electron chi connectivity index (χ0n) is 37.4. The van der Waals surface area contributed by atoms with Crippen molar-refractivity contribution in [1.82, 2.24) is 24.8 Å². The van der Waals surface area contributed by atoms with E-state index in [0.29, 0.717) is 107 Å². The van der Waals surface area contributed by atoms with Crippen LogP contribution in [-0.2, 0) is 37.3 Å². The molecule has 0 aliphatic carbocycles. The van der Waals surface area contributed by atoms with Gasteiger partial charge in [-0.3, -0.25) is 30.1 Å². The van der Waals surface area contributed by atoms with Gasteiger partial charge < -0.3 is 44.0 Å². The lowest BCUT2D eigenvalue weighted by molar-refractivity contribution is -0.387. The molecule has 3 amide bonds. The van der Waals surface area contributed by atoms with Gasteiger partial charge in [-0.15, -0.1) is 0 Å². The molecule has 4 heterocycles. The molecule has 364 valence electrons. The standard InChI is InChI=1S/C46H52BrF3N8O10/c1-29-19-40(38(23-36(29)47)54-44(60)55-42-25-51-30(2)24-52-42)68-28-34-27-57(12-14-66-34)43(59)7-13-64-15-16-65-17-18-67-33-5-3-31(4-6-33)26-56-10-8-45(61,9-11-56)41-21-32-20-39(58(62)63)35(46(48,49)50)22-37(32)53-41/h3-6,19-25,34,53,61H,7-18,26-28H2,1-2H3,(H2,52,54,55,60)/t34-/m0/s1. The van der Waals surface area contributed by atoms with Gasteiger partial charge in [-0.25, -0.2) is 9.78 Å². The van der Waals surface area contributed by atoms with Crippen molar-refractivity contribution >= 4 is 56.0 Å². The number of piperidine rings is 1. The molecule has 0 saturated carbocycles. The topological polar surface area (TPSA) is 216 Å². The molecule has 0 radical (unpaired) electrons. The van der Waals surface area contributed by atoms with E-state index in [2.05, 4.69) is 46.4 Å². The number of hydrogen-bond donors (Lipinski definition) is 4. The number of rotatable bonds is 19. The number of aliphatic hydroxyl groups is 1. The molecule has 0 spiro atoms. The van der Waals surface area contributed by atoms with Crippen LogP contribution in [0.25, 0.3) is 10.9 Å². The van der Waals surface area contributed by atoms with E-state index in [4.69, 9.17) is 23.7 Å². The normalized spacial score (nSPS) is 16.4. The third-order valence-corrected chi connectivity index (χ3v) is 12.4. The zero-order chi connectivity index (χ0) is 48.4. The van der Waals surface area contributed by atoms with Crippen LogP contribution in [0.3, 0.4) is 0 Å². The first-order valence-corrected chi connectivity index (χ1v) is 22.7. The predicted octanol–water partition coefficient (Wildman–Crippen LogP) is 7.50. The fourth-order valence-corrected chi connectivity index (χ4v) is 8.13. The molecule has 3 aromatic carbocycles. The van der Waals surface area contributed by atoms with Crippen molar-refractivity contribution in [2.75, 3.05) is 83.1 Å². The number of aryl methyl sites for hydroxylation is 2. The molecule has 2 aliphatic rings. The summed E-state index contributed by atoms with van der Waals surface area (Å²) in [6.07, 6.45) is -1.43. The molecule has 68 heavy (non-hydrogen) atoms. The average molecular weight is 1010 g/mol. The molecule has 22 heteroatoms. The van der Waals surface area contributed by atoms with Gasteiger partial charge >= 0.3 is 12.2 Å². The van der Waals surface area contributed by atoms with Crippen LogP contribution in [-0.4, -0.2) is 125 Å². The van der Waals surface area contributed by atoms with Crippen LogP contribution in [0.15, 0.2) is 71.5 Å². The maximum atomic E-state index is 13.5. The second kappa shape index (κ2) is 22.5. The number of halogens is 4. The number of anilines is 2. The van der Waals surface area contributed by atoms with E-state index in [-0.39, 0.29) is 42.5 Å². The molecule has 1 atom stereocenters. The Kier molecular flexibility index (Phi) is 16.5. The number of alkyl halides is 3. The predicted molar refractivity (Wildman–Crippen MR) is 247 cm³/mol. The monoisotopic (exact) mass is 1010 g/mol. The molecule has 0 unspecified atom stereocenters. The summed E-state index contributed by atoms with van der Waals surface area (Å²) in [7, 11) is 0. The number of aromatic nitrogens is 3. The Morgan fingerprint density at radius 3 is 2.41 bits per heavy atom. The largest absolute Gasteiger partial charge is 0.491 e. The number of aromatic amines is 1. The number of nitrogens with one attached hydrogen (secondary N) is 3. The molecule has 2 aromatic heterocycles. The van der Waals surface area contributed by atoms with E-state index in [1.54, 1.807) is 30.2 Å². The van der Waals surface area contributed by atoms with Gasteiger partial charge in [0.2, 0.25) is 5.91 Å². The van der Waals surface area contributed by atoms with Crippen LogP contribution in [0.5, 0.6) is 11.5 Å². The van der Waals surface area contributed by atoms with Crippen molar-refractivity contribution in [1.29, 1.82) is 0 Å². The lowest BCUT2D eigenvalue weighted by atomic mass is 9.88. The van der Waals surface area contributed by atoms with Crippen molar-refractivity contribution in [3.8, 4) is 11.5 Å². The molecule has 5 aromatic rings. The highest BCUT2D eigenvalue weighted by atomic mass is 79.9. The number of amides is 3. The number of fused-ring (bicyclic) bond motifs is 1. The van der Waals surface area contributed by atoms with Crippen LogP contribution < -0.4 is 20.1 Å². The number of morpholine rings is 1. The van der Waals surface area contributed by atoms with E-state index in [9.17, 15) is 38.0 Å². The van der Waals surface area contributed by atoms with E-state index in [1.807, 2.05) is 31.2 Å². The number of benzene rings is 3. The first kappa shape index (κ1) is 50.0. The Balaban J connectivity index is 0.747. The van der Waals surface area contributed by atoms with Gasteiger partial charge in [-0.2, -0.15) is 13.2 Å². The number of carbonyl (C=O) groups is 2. The lowest BCUT2D eigenvalue weighted by Crippen LogP contribution is -2.47. The number of ether oxygens (including phenoxy) is 5. The summed E-state index contributed by atoms with van der Waals surface area (Å²) in [6, 6.07) is 13.8. The number of nitro groups is 1. The molecule has 0 bridgehead atoms. The maximum absolute atomic E-state index is 13.5. The van der Waals surface area contributed by atoms with Gasteiger partial charge in [-0.1, -0.05) is 28.1 Å². The number of nitro benzene ring substituents is 1. The first-order valence-electron chi connectivity index (χ1n) is 21.9. The summed E-state index contributed by atoms with van der Waals surface area (Å²) >= 11 is 3.51. The minimum Gasteiger partial charge on any atom is -0.491 e. The van der Waals surface area contributed by atoms with Gasteiger partial charge in [0.05, 0.1) is 74.7 Å². The molecule has 7 rings (SSSR count). The van der Waals surface area contributed by atoms with Crippen molar-refractivity contribution < 1.29 is 56.5 Å². The Bertz CT molecular complexity index is 2540. The summed E-state index contributed by atoms with van der Waals surface area (Å²) in [5, 5.41) is 28.4. The van der Waals surface area contributed by atoms with Crippen molar-refractivity contribution in [2.45, 2.75) is 57.5 Å².